The van der Waals surface area contributed by atoms with Crippen LogP contribution in [0.5, 0.6) is 0 Å². The minimum absolute atomic E-state index is 0.418. The Labute approximate surface area is 196 Å². The van der Waals surface area contributed by atoms with Gasteiger partial charge in [-0.3, -0.25) is 4.79 Å². The number of hydrogen-bond donors (Lipinski definition) is 1. The van der Waals surface area contributed by atoms with Gasteiger partial charge in [0.25, 0.3) is 0 Å². The number of unbranched alkanes of at least 4 members (excludes halogenated alkanes) is 18. The summed E-state index contributed by atoms with van der Waals surface area (Å²) in [5, 5.41) is 0. The fraction of sp³-hybridized carbons (Fsp3) is 0.964. The molecule has 0 atom stereocenters. The van der Waals surface area contributed by atoms with Gasteiger partial charge in [-0.1, -0.05) is 123 Å². The van der Waals surface area contributed by atoms with Gasteiger partial charge in [0, 0.05) is 19.5 Å². The molecule has 0 heterocycles. The molecule has 3 nitrogen and oxygen atoms in total. The van der Waals surface area contributed by atoms with E-state index >= 15 is 0 Å². The zero-order valence-corrected chi connectivity index (χ0v) is 21.6. The first-order valence-electron chi connectivity index (χ1n) is 14.2. The minimum Gasteiger partial charge on any atom is -0.343 e. The van der Waals surface area contributed by atoms with Crippen LogP contribution >= 0.6 is 0 Å². The van der Waals surface area contributed by atoms with Crippen LogP contribution in [0.4, 0.5) is 0 Å². The SMILES string of the molecule is CCCCCCCCCCCC(=O)N(CCCCCC)CCCCCCCCCCN. The first kappa shape index (κ1) is 30.4. The molecule has 0 saturated heterocycles. The molecule has 0 radical (unpaired) electrons. The molecular formula is C28H58N2O. The third-order valence-electron chi connectivity index (χ3n) is 6.51. The van der Waals surface area contributed by atoms with E-state index in [0.29, 0.717) is 5.91 Å². The molecule has 3 heteroatoms. The van der Waals surface area contributed by atoms with Gasteiger partial charge in [0.05, 0.1) is 0 Å². The summed E-state index contributed by atoms with van der Waals surface area (Å²) in [6, 6.07) is 0. The van der Waals surface area contributed by atoms with Gasteiger partial charge in [-0.25, -0.2) is 0 Å². The quantitative estimate of drug-likeness (QED) is 0.145. The van der Waals surface area contributed by atoms with Crippen molar-refractivity contribution in [1.29, 1.82) is 0 Å². The van der Waals surface area contributed by atoms with Crippen LogP contribution in [0.3, 0.4) is 0 Å². The molecule has 31 heavy (non-hydrogen) atoms. The van der Waals surface area contributed by atoms with Crippen LogP contribution in [-0.4, -0.2) is 30.4 Å². The predicted molar refractivity (Wildman–Crippen MR) is 139 cm³/mol. The number of nitrogens with zero attached hydrogens (tertiary/aromatic N) is 1. The summed E-state index contributed by atoms with van der Waals surface area (Å²) in [5.74, 6) is 0.418. The molecule has 0 aliphatic carbocycles. The highest BCUT2D eigenvalue weighted by Gasteiger charge is 2.12. The van der Waals surface area contributed by atoms with Crippen LogP contribution in [0.1, 0.15) is 155 Å². The van der Waals surface area contributed by atoms with Crippen molar-refractivity contribution in [2.24, 2.45) is 5.73 Å². The molecule has 0 spiro atoms. The van der Waals surface area contributed by atoms with Crippen molar-refractivity contribution in [3.05, 3.63) is 0 Å². The molecule has 0 aliphatic rings. The Morgan fingerprint density at radius 3 is 1.32 bits per heavy atom. The topological polar surface area (TPSA) is 46.3 Å². The van der Waals surface area contributed by atoms with Crippen LogP contribution in [0.15, 0.2) is 0 Å². The maximum absolute atomic E-state index is 12.8. The van der Waals surface area contributed by atoms with Gasteiger partial charge >= 0.3 is 0 Å². The van der Waals surface area contributed by atoms with E-state index in [1.165, 1.54) is 128 Å². The van der Waals surface area contributed by atoms with E-state index < -0.39 is 0 Å². The number of amides is 1. The van der Waals surface area contributed by atoms with E-state index in [9.17, 15) is 4.79 Å². The molecule has 0 fully saturated rings. The summed E-state index contributed by atoms with van der Waals surface area (Å²) in [7, 11) is 0. The lowest BCUT2D eigenvalue weighted by Crippen LogP contribution is -2.32. The number of nitrogens with two attached hydrogens (primary N) is 1. The first-order valence-corrected chi connectivity index (χ1v) is 14.2. The second kappa shape index (κ2) is 25.7. The molecule has 186 valence electrons. The van der Waals surface area contributed by atoms with Gasteiger partial charge in [0.2, 0.25) is 5.91 Å². The molecule has 0 aromatic heterocycles. The van der Waals surface area contributed by atoms with E-state index in [-0.39, 0.29) is 0 Å². The molecule has 1 amide bonds. The number of hydrogen-bond acceptors (Lipinski definition) is 2. The lowest BCUT2D eigenvalue weighted by atomic mass is 10.1. The third-order valence-corrected chi connectivity index (χ3v) is 6.51. The zero-order valence-electron chi connectivity index (χ0n) is 21.6. The highest BCUT2D eigenvalue weighted by molar-refractivity contribution is 5.76. The number of carbonyl (C=O) groups excluding carboxylic acids is 1. The van der Waals surface area contributed by atoms with E-state index in [0.717, 1.165) is 32.5 Å². The Hall–Kier alpha value is -0.570. The molecule has 0 rings (SSSR count). The van der Waals surface area contributed by atoms with Crippen LogP contribution in [0.2, 0.25) is 0 Å². The average Bonchev–Trinajstić information content (AvgIpc) is 2.78. The normalized spacial score (nSPS) is 11.2. The van der Waals surface area contributed by atoms with E-state index in [1.807, 2.05) is 0 Å². The maximum Gasteiger partial charge on any atom is 0.222 e. The van der Waals surface area contributed by atoms with E-state index in [2.05, 4.69) is 18.7 Å². The molecular weight excluding hydrogens is 380 g/mol. The molecule has 0 saturated carbocycles. The Morgan fingerprint density at radius 2 is 0.871 bits per heavy atom. The molecule has 2 N–H and O–H groups in total. The van der Waals surface area contributed by atoms with Crippen LogP contribution in [-0.2, 0) is 4.79 Å². The lowest BCUT2D eigenvalue weighted by Gasteiger charge is -2.23. The van der Waals surface area contributed by atoms with E-state index in [1.54, 1.807) is 0 Å². The summed E-state index contributed by atoms with van der Waals surface area (Å²) < 4.78 is 0. The van der Waals surface area contributed by atoms with Crippen LogP contribution in [0.25, 0.3) is 0 Å². The van der Waals surface area contributed by atoms with Crippen molar-refractivity contribution in [3.63, 3.8) is 0 Å². The average molecular weight is 439 g/mol. The Balaban J connectivity index is 3.90. The van der Waals surface area contributed by atoms with Crippen molar-refractivity contribution in [2.45, 2.75) is 155 Å². The summed E-state index contributed by atoms with van der Waals surface area (Å²) in [5.41, 5.74) is 5.55. The van der Waals surface area contributed by atoms with Gasteiger partial charge in [-0.15, -0.1) is 0 Å². The predicted octanol–water partition coefficient (Wildman–Crippen LogP) is 8.40. The van der Waals surface area contributed by atoms with Gasteiger partial charge in [0.1, 0.15) is 0 Å². The smallest absolute Gasteiger partial charge is 0.222 e. The van der Waals surface area contributed by atoms with Gasteiger partial charge in [0.15, 0.2) is 0 Å². The summed E-state index contributed by atoms with van der Waals surface area (Å²) >= 11 is 0. The second-order valence-corrected chi connectivity index (χ2v) is 9.64. The molecule has 0 aromatic carbocycles. The highest BCUT2D eigenvalue weighted by atomic mass is 16.2. The Morgan fingerprint density at radius 1 is 0.516 bits per heavy atom. The van der Waals surface area contributed by atoms with Crippen LogP contribution in [0, 0.1) is 0 Å². The standard InChI is InChI=1S/C28H58N2O/c1-3-5-7-9-10-11-14-17-20-24-28(31)30(26-22-8-6-4-2)27-23-19-16-13-12-15-18-21-25-29/h3-27,29H2,1-2H3. The van der Waals surface area contributed by atoms with Gasteiger partial charge in [-0.2, -0.15) is 0 Å². The summed E-state index contributed by atoms with van der Waals surface area (Å²) in [6.45, 7) is 7.32. The highest BCUT2D eigenvalue weighted by Crippen LogP contribution is 2.13. The third kappa shape index (κ3) is 22.4. The Kier molecular flexibility index (Phi) is 25.2. The molecule has 0 unspecified atom stereocenters. The van der Waals surface area contributed by atoms with Gasteiger partial charge in [-0.05, 0) is 32.2 Å². The number of rotatable bonds is 25. The fourth-order valence-corrected chi connectivity index (χ4v) is 4.34. The second-order valence-electron chi connectivity index (χ2n) is 9.64. The minimum atomic E-state index is 0.418. The fourth-order valence-electron chi connectivity index (χ4n) is 4.34. The summed E-state index contributed by atoms with van der Waals surface area (Å²) in [4.78, 5) is 15.0. The maximum atomic E-state index is 12.8. The first-order chi connectivity index (χ1) is 15.3. The van der Waals surface area contributed by atoms with Crippen molar-refractivity contribution >= 4 is 5.91 Å². The van der Waals surface area contributed by atoms with Gasteiger partial charge < -0.3 is 10.6 Å². The van der Waals surface area contributed by atoms with Crippen molar-refractivity contribution in [2.75, 3.05) is 19.6 Å². The lowest BCUT2D eigenvalue weighted by molar-refractivity contribution is -0.131. The molecule has 0 aromatic rings. The van der Waals surface area contributed by atoms with E-state index in [4.69, 9.17) is 5.73 Å². The van der Waals surface area contributed by atoms with Crippen LogP contribution < -0.4 is 5.73 Å². The van der Waals surface area contributed by atoms with Crippen molar-refractivity contribution < 1.29 is 4.79 Å². The summed E-state index contributed by atoms with van der Waals surface area (Å²) in [6.07, 6.45) is 27.9. The zero-order chi connectivity index (χ0) is 22.8. The van der Waals surface area contributed by atoms with Crippen molar-refractivity contribution in [1.82, 2.24) is 4.90 Å². The Bertz CT molecular complexity index is 359. The molecule has 0 aliphatic heterocycles. The monoisotopic (exact) mass is 438 g/mol. The largest absolute Gasteiger partial charge is 0.343 e. The van der Waals surface area contributed by atoms with Crippen molar-refractivity contribution in [3.8, 4) is 0 Å². The number of carbonyl (C=O) groups is 1. The molecule has 0 bridgehead atoms.